The first-order valence-electron chi connectivity index (χ1n) is 6.54. The molecule has 1 aromatic rings. The van der Waals surface area contributed by atoms with Crippen LogP contribution in [0.25, 0.3) is 0 Å². The van der Waals surface area contributed by atoms with Crippen LogP contribution in [-0.2, 0) is 11.3 Å². The highest BCUT2D eigenvalue weighted by Gasteiger charge is 2.03. The van der Waals surface area contributed by atoms with Crippen LogP contribution in [0.4, 0.5) is 0 Å². The number of nitrogens with zero attached hydrogens (tertiary/aromatic N) is 1. The van der Waals surface area contributed by atoms with Crippen molar-refractivity contribution in [2.45, 2.75) is 40.3 Å². The maximum Gasteiger partial charge on any atom is 0.213 e. The van der Waals surface area contributed by atoms with Gasteiger partial charge in [-0.15, -0.1) is 0 Å². The van der Waals surface area contributed by atoms with E-state index in [-0.39, 0.29) is 0 Å². The largest absolute Gasteiger partial charge is 0.475 e. The molecule has 4 heteroatoms. The fraction of sp³-hybridized carbons (Fsp3) is 0.643. The van der Waals surface area contributed by atoms with Gasteiger partial charge in [-0.2, -0.15) is 0 Å². The Balaban J connectivity index is 2.46. The van der Waals surface area contributed by atoms with Gasteiger partial charge < -0.3 is 14.8 Å². The van der Waals surface area contributed by atoms with Crippen LogP contribution in [0.5, 0.6) is 5.88 Å². The Morgan fingerprint density at radius 1 is 1.28 bits per heavy atom. The highest BCUT2D eigenvalue weighted by atomic mass is 16.5. The molecule has 0 aliphatic heterocycles. The lowest BCUT2D eigenvalue weighted by atomic mass is 10.2. The molecule has 0 amide bonds. The normalized spacial score (nSPS) is 10.9. The Bertz CT molecular complexity index is 354. The molecule has 0 saturated heterocycles. The van der Waals surface area contributed by atoms with Crippen LogP contribution in [0.1, 0.15) is 32.0 Å². The molecule has 0 saturated carbocycles. The van der Waals surface area contributed by atoms with Crippen LogP contribution in [-0.4, -0.2) is 30.8 Å². The molecule has 0 fully saturated rings. The summed E-state index contributed by atoms with van der Waals surface area (Å²) in [7, 11) is 0. The van der Waals surface area contributed by atoms with Gasteiger partial charge in [0.2, 0.25) is 5.88 Å². The van der Waals surface area contributed by atoms with Crippen molar-refractivity contribution in [1.82, 2.24) is 10.3 Å². The molecule has 1 aromatic heterocycles. The van der Waals surface area contributed by atoms with E-state index in [4.69, 9.17) is 9.47 Å². The molecular formula is C14H24N2O2. The molecule has 0 aliphatic rings. The third-order valence-corrected chi connectivity index (χ3v) is 2.55. The first-order valence-corrected chi connectivity index (χ1v) is 6.54. The fourth-order valence-corrected chi connectivity index (χ4v) is 1.50. The van der Waals surface area contributed by atoms with Gasteiger partial charge in [0.05, 0.1) is 6.61 Å². The Kier molecular flexibility index (Phi) is 6.68. The lowest BCUT2D eigenvalue weighted by Gasteiger charge is -2.11. The molecule has 0 aromatic carbocycles. The summed E-state index contributed by atoms with van der Waals surface area (Å²) in [6.45, 7) is 11.0. The molecule has 1 heterocycles. The van der Waals surface area contributed by atoms with Crippen LogP contribution in [0.15, 0.2) is 12.1 Å². The van der Waals surface area contributed by atoms with Gasteiger partial charge in [0, 0.05) is 31.0 Å². The number of aromatic nitrogens is 1. The van der Waals surface area contributed by atoms with Gasteiger partial charge in [-0.3, -0.25) is 0 Å². The van der Waals surface area contributed by atoms with Crippen LogP contribution in [0.2, 0.25) is 0 Å². The second-order valence-electron chi connectivity index (χ2n) is 4.48. The molecule has 0 aliphatic carbocycles. The average Bonchev–Trinajstić information content (AvgIpc) is 2.33. The molecule has 0 bridgehead atoms. The molecule has 0 atom stereocenters. The lowest BCUT2D eigenvalue weighted by molar-refractivity contribution is 0.108. The Hall–Kier alpha value is -1.13. The van der Waals surface area contributed by atoms with Crippen LogP contribution in [0.3, 0.4) is 0 Å². The van der Waals surface area contributed by atoms with Crippen molar-refractivity contribution in [3.63, 3.8) is 0 Å². The summed E-state index contributed by atoms with van der Waals surface area (Å²) < 4.78 is 10.7. The molecule has 1 rings (SSSR count). The van der Waals surface area contributed by atoms with Crippen molar-refractivity contribution >= 4 is 0 Å². The minimum Gasteiger partial charge on any atom is -0.475 e. The molecule has 0 unspecified atom stereocenters. The molecule has 102 valence electrons. The standard InChI is InChI=1S/C14H24N2O2/c1-5-17-8-9-18-14-7-6-13(12(4)16-14)10-15-11(2)3/h6-7,11,15H,5,8-10H2,1-4H3. The van der Waals surface area contributed by atoms with E-state index in [0.29, 0.717) is 25.1 Å². The average molecular weight is 252 g/mol. The maximum absolute atomic E-state index is 5.51. The lowest BCUT2D eigenvalue weighted by Crippen LogP contribution is -2.22. The number of aryl methyl sites for hydroxylation is 1. The highest BCUT2D eigenvalue weighted by Crippen LogP contribution is 2.12. The van der Waals surface area contributed by atoms with Crippen molar-refractivity contribution in [2.75, 3.05) is 19.8 Å². The van der Waals surface area contributed by atoms with E-state index in [9.17, 15) is 0 Å². The van der Waals surface area contributed by atoms with Gasteiger partial charge >= 0.3 is 0 Å². The van der Waals surface area contributed by atoms with E-state index in [1.807, 2.05) is 19.9 Å². The molecule has 18 heavy (non-hydrogen) atoms. The number of pyridine rings is 1. The van der Waals surface area contributed by atoms with Gasteiger partial charge in [0.25, 0.3) is 0 Å². The minimum absolute atomic E-state index is 0.478. The van der Waals surface area contributed by atoms with E-state index in [2.05, 4.69) is 30.2 Å². The van der Waals surface area contributed by atoms with Gasteiger partial charge in [-0.25, -0.2) is 4.98 Å². The SMILES string of the molecule is CCOCCOc1ccc(CNC(C)C)c(C)n1. The summed E-state index contributed by atoms with van der Waals surface area (Å²) in [5.74, 6) is 0.667. The number of hydrogen-bond acceptors (Lipinski definition) is 4. The van der Waals surface area contributed by atoms with E-state index >= 15 is 0 Å². The summed E-state index contributed by atoms with van der Waals surface area (Å²) in [6.07, 6.45) is 0. The number of rotatable bonds is 8. The second kappa shape index (κ2) is 8.06. The molecule has 4 nitrogen and oxygen atoms in total. The van der Waals surface area contributed by atoms with E-state index in [1.54, 1.807) is 0 Å². The van der Waals surface area contributed by atoms with E-state index < -0.39 is 0 Å². The zero-order valence-corrected chi connectivity index (χ0v) is 11.8. The van der Waals surface area contributed by atoms with E-state index in [1.165, 1.54) is 5.56 Å². The molecule has 1 N–H and O–H groups in total. The zero-order valence-electron chi connectivity index (χ0n) is 11.8. The van der Waals surface area contributed by atoms with Crippen LogP contribution in [0, 0.1) is 6.92 Å². The summed E-state index contributed by atoms with van der Waals surface area (Å²) >= 11 is 0. The molecule has 0 spiro atoms. The number of nitrogens with one attached hydrogen (secondary N) is 1. The van der Waals surface area contributed by atoms with Gasteiger partial charge in [0.15, 0.2) is 0 Å². The summed E-state index contributed by atoms with van der Waals surface area (Å²) in [5.41, 5.74) is 2.22. The number of hydrogen-bond donors (Lipinski definition) is 1. The minimum atomic E-state index is 0.478. The van der Waals surface area contributed by atoms with Crippen molar-refractivity contribution in [3.05, 3.63) is 23.4 Å². The third kappa shape index (κ3) is 5.47. The van der Waals surface area contributed by atoms with Crippen molar-refractivity contribution in [2.24, 2.45) is 0 Å². The zero-order chi connectivity index (χ0) is 13.4. The second-order valence-corrected chi connectivity index (χ2v) is 4.48. The first kappa shape index (κ1) is 14.9. The molecule has 0 radical (unpaired) electrons. The summed E-state index contributed by atoms with van der Waals surface area (Å²) in [4.78, 5) is 4.43. The summed E-state index contributed by atoms with van der Waals surface area (Å²) in [5, 5.41) is 3.38. The van der Waals surface area contributed by atoms with Crippen LogP contribution < -0.4 is 10.1 Å². The van der Waals surface area contributed by atoms with Crippen LogP contribution >= 0.6 is 0 Å². The van der Waals surface area contributed by atoms with Crippen molar-refractivity contribution < 1.29 is 9.47 Å². The Labute approximate surface area is 110 Å². The van der Waals surface area contributed by atoms with Gasteiger partial charge in [-0.1, -0.05) is 19.9 Å². The van der Waals surface area contributed by atoms with E-state index in [0.717, 1.165) is 18.8 Å². The maximum atomic E-state index is 5.51. The van der Waals surface area contributed by atoms with Crippen molar-refractivity contribution in [1.29, 1.82) is 0 Å². The quantitative estimate of drug-likeness (QED) is 0.721. The predicted octanol–water partition coefficient (Wildman–Crippen LogP) is 2.30. The third-order valence-electron chi connectivity index (χ3n) is 2.55. The fourth-order valence-electron chi connectivity index (χ4n) is 1.50. The van der Waals surface area contributed by atoms with Crippen molar-refractivity contribution in [3.8, 4) is 5.88 Å². The Morgan fingerprint density at radius 2 is 2.06 bits per heavy atom. The monoisotopic (exact) mass is 252 g/mol. The predicted molar refractivity (Wildman–Crippen MR) is 72.9 cm³/mol. The Morgan fingerprint density at radius 3 is 2.67 bits per heavy atom. The smallest absolute Gasteiger partial charge is 0.213 e. The number of ether oxygens (including phenoxy) is 2. The summed E-state index contributed by atoms with van der Waals surface area (Å²) in [6, 6.07) is 4.45. The topological polar surface area (TPSA) is 43.4 Å². The first-order chi connectivity index (χ1) is 8.63. The van der Waals surface area contributed by atoms with Gasteiger partial charge in [0.1, 0.15) is 6.61 Å². The molecular weight excluding hydrogens is 228 g/mol. The highest BCUT2D eigenvalue weighted by molar-refractivity contribution is 5.24. The van der Waals surface area contributed by atoms with Gasteiger partial charge in [-0.05, 0) is 19.4 Å².